The zero-order valence-electron chi connectivity index (χ0n) is 13.3. The minimum Gasteiger partial charge on any atom is -0.384 e. The first-order chi connectivity index (χ1) is 11.0. The Morgan fingerprint density at radius 2 is 1.91 bits per heavy atom. The fourth-order valence-corrected chi connectivity index (χ4v) is 2.03. The number of rotatable bonds is 7. The van der Waals surface area contributed by atoms with Crippen LogP contribution in [0.5, 0.6) is 0 Å². The number of amides is 1. The van der Waals surface area contributed by atoms with E-state index < -0.39 is 0 Å². The lowest BCUT2D eigenvalue weighted by molar-refractivity contribution is 0.102. The number of hydrogen-bond acceptors (Lipinski definition) is 4. The first-order valence-corrected chi connectivity index (χ1v) is 7.45. The Morgan fingerprint density at radius 1 is 1.17 bits per heavy atom. The van der Waals surface area contributed by atoms with E-state index in [2.05, 4.69) is 20.5 Å². The number of carbonyl (C=O) groups excluding carboxylic acids is 1. The highest BCUT2D eigenvalue weighted by molar-refractivity contribution is 6.04. The monoisotopic (exact) mass is 316 g/mol. The molecule has 122 valence electrons. The predicted molar refractivity (Wildman–Crippen MR) is 90.3 cm³/mol. The van der Waals surface area contributed by atoms with Crippen molar-refractivity contribution in [2.75, 3.05) is 37.8 Å². The predicted octanol–water partition coefficient (Wildman–Crippen LogP) is 2.84. The van der Waals surface area contributed by atoms with E-state index in [1.165, 1.54) is 30.5 Å². The molecule has 0 radical (unpaired) electrons. The van der Waals surface area contributed by atoms with Crippen LogP contribution < -0.4 is 10.6 Å². The van der Waals surface area contributed by atoms with Gasteiger partial charge in [-0.1, -0.05) is 0 Å². The largest absolute Gasteiger partial charge is 0.384 e. The maximum atomic E-state index is 12.9. The number of carbonyl (C=O) groups is 1. The van der Waals surface area contributed by atoms with Gasteiger partial charge in [-0.2, -0.15) is 0 Å². The average molecular weight is 316 g/mol. The zero-order valence-corrected chi connectivity index (χ0v) is 13.3. The molecule has 1 amide bonds. The molecule has 0 atom stereocenters. The molecule has 0 spiro atoms. The van der Waals surface area contributed by atoms with E-state index >= 15 is 0 Å². The molecule has 0 unspecified atom stereocenters. The number of halogens is 1. The summed E-state index contributed by atoms with van der Waals surface area (Å²) in [6.07, 6.45) is 4.19. The van der Waals surface area contributed by atoms with Crippen molar-refractivity contribution in [2.24, 2.45) is 0 Å². The van der Waals surface area contributed by atoms with E-state index in [1.807, 2.05) is 14.1 Å². The van der Waals surface area contributed by atoms with Gasteiger partial charge in [-0.3, -0.25) is 9.78 Å². The summed E-state index contributed by atoms with van der Waals surface area (Å²) in [4.78, 5) is 18.4. The zero-order chi connectivity index (χ0) is 16.7. The summed E-state index contributed by atoms with van der Waals surface area (Å²) < 4.78 is 12.9. The van der Waals surface area contributed by atoms with E-state index in [9.17, 15) is 9.18 Å². The number of nitrogens with one attached hydrogen (secondary N) is 2. The van der Waals surface area contributed by atoms with Crippen LogP contribution in [0, 0.1) is 5.82 Å². The Morgan fingerprint density at radius 3 is 2.61 bits per heavy atom. The Bertz CT molecular complexity index is 643. The number of hydrogen-bond donors (Lipinski definition) is 2. The average Bonchev–Trinajstić information content (AvgIpc) is 2.54. The first kappa shape index (κ1) is 16.9. The Hall–Kier alpha value is -2.47. The van der Waals surface area contributed by atoms with Crippen LogP contribution in [-0.4, -0.2) is 43.0 Å². The molecule has 0 bridgehead atoms. The highest BCUT2D eigenvalue weighted by Crippen LogP contribution is 2.13. The number of aromatic nitrogens is 1. The number of nitrogens with zero attached hydrogens (tertiary/aromatic N) is 2. The smallest absolute Gasteiger partial charge is 0.257 e. The Kier molecular flexibility index (Phi) is 6.05. The lowest BCUT2D eigenvalue weighted by Crippen LogP contribution is -2.17. The molecule has 1 aromatic carbocycles. The van der Waals surface area contributed by atoms with E-state index in [0.717, 1.165) is 25.2 Å². The molecular weight excluding hydrogens is 295 g/mol. The molecule has 2 rings (SSSR count). The SMILES string of the molecule is CN(C)CCCNc1cncc(C(=O)Nc2ccc(F)cc2)c1. The molecule has 0 aliphatic carbocycles. The molecule has 0 aliphatic rings. The van der Waals surface area contributed by atoms with Crippen molar-refractivity contribution in [3.05, 3.63) is 54.1 Å². The van der Waals surface area contributed by atoms with Gasteiger partial charge in [0.25, 0.3) is 5.91 Å². The second-order valence-electron chi connectivity index (χ2n) is 5.51. The second kappa shape index (κ2) is 8.24. The molecule has 0 aliphatic heterocycles. The lowest BCUT2D eigenvalue weighted by atomic mass is 10.2. The third-order valence-corrected chi connectivity index (χ3v) is 3.21. The lowest BCUT2D eigenvalue weighted by Gasteiger charge is -2.11. The summed E-state index contributed by atoms with van der Waals surface area (Å²) in [6.45, 7) is 1.80. The van der Waals surface area contributed by atoms with E-state index in [4.69, 9.17) is 0 Å². The van der Waals surface area contributed by atoms with Crippen LogP contribution in [0.3, 0.4) is 0 Å². The molecule has 2 N–H and O–H groups in total. The quantitative estimate of drug-likeness (QED) is 0.771. The van der Waals surface area contributed by atoms with Gasteiger partial charge in [0.05, 0.1) is 11.3 Å². The first-order valence-electron chi connectivity index (χ1n) is 7.45. The van der Waals surface area contributed by atoms with Gasteiger partial charge < -0.3 is 15.5 Å². The Labute approximate surface area is 135 Å². The third kappa shape index (κ3) is 5.67. The third-order valence-electron chi connectivity index (χ3n) is 3.21. The van der Waals surface area contributed by atoms with E-state index in [1.54, 1.807) is 12.3 Å². The molecule has 1 heterocycles. The maximum Gasteiger partial charge on any atom is 0.257 e. The van der Waals surface area contributed by atoms with Gasteiger partial charge >= 0.3 is 0 Å². The van der Waals surface area contributed by atoms with Crippen LogP contribution in [0.1, 0.15) is 16.8 Å². The van der Waals surface area contributed by atoms with Gasteiger partial charge in [0.1, 0.15) is 5.82 Å². The Balaban J connectivity index is 1.92. The van der Waals surface area contributed by atoms with Crippen molar-refractivity contribution in [2.45, 2.75) is 6.42 Å². The summed E-state index contributed by atoms with van der Waals surface area (Å²) >= 11 is 0. The van der Waals surface area contributed by atoms with Crippen LogP contribution >= 0.6 is 0 Å². The molecule has 0 saturated heterocycles. The summed E-state index contributed by atoms with van der Waals surface area (Å²) in [7, 11) is 4.06. The number of benzene rings is 1. The minimum atomic E-state index is -0.339. The van der Waals surface area contributed by atoms with Crippen molar-refractivity contribution in [1.29, 1.82) is 0 Å². The van der Waals surface area contributed by atoms with Crippen molar-refractivity contribution in [1.82, 2.24) is 9.88 Å². The van der Waals surface area contributed by atoms with Gasteiger partial charge in [0, 0.05) is 24.6 Å². The van der Waals surface area contributed by atoms with Crippen molar-refractivity contribution >= 4 is 17.3 Å². The standard InChI is InChI=1S/C17H21FN4O/c1-22(2)9-3-8-20-16-10-13(11-19-12-16)17(23)21-15-6-4-14(18)5-7-15/h4-7,10-12,20H,3,8-9H2,1-2H3,(H,21,23). The van der Waals surface area contributed by atoms with Crippen LogP contribution in [0.15, 0.2) is 42.7 Å². The minimum absolute atomic E-state index is 0.277. The van der Waals surface area contributed by atoms with Crippen molar-refractivity contribution < 1.29 is 9.18 Å². The van der Waals surface area contributed by atoms with Crippen LogP contribution in [-0.2, 0) is 0 Å². The highest BCUT2D eigenvalue weighted by Gasteiger charge is 2.07. The molecule has 6 heteroatoms. The molecular formula is C17H21FN4O. The van der Waals surface area contributed by atoms with E-state index in [-0.39, 0.29) is 11.7 Å². The van der Waals surface area contributed by atoms with Gasteiger partial charge in [0.15, 0.2) is 0 Å². The summed E-state index contributed by atoms with van der Waals surface area (Å²) in [6, 6.07) is 7.39. The normalized spacial score (nSPS) is 10.6. The second-order valence-corrected chi connectivity index (χ2v) is 5.51. The van der Waals surface area contributed by atoms with Crippen molar-refractivity contribution in [3.8, 4) is 0 Å². The molecule has 0 fully saturated rings. The van der Waals surface area contributed by atoms with E-state index in [0.29, 0.717) is 11.3 Å². The number of anilines is 2. The summed E-state index contributed by atoms with van der Waals surface area (Å²) in [5, 5.41) is 5.96. The van der Waals surface area contributed by atoms with Crippen molar-refractivity contribution in [3.63, 3.8) is 0 Å². The number of pyridine rings is 1. The summed E-state index contributed by atoms with van der Waals surface area (Å²) in [5.41, 5.74) is 1.79. The van der Waals surface area contributed by atoms with Crippen LogP contribution in [0.25, 0.3) is 0 Å². The maximum absolute atomic E-state index is 12.9. The fraction of sp³-hybridized carbons (Fsp3) is 0.294. The highest BCUT2D eigenvalue weighted by atomic mass is 19.1. The van der Waals surface area contributed by atoms with Gasteiger partial charge in [0.2, 0.25) is 0 Å². The molecule has 2 aromatic rings. The topological polar surface area (TPSA) is 57.3 Å². The van der Waals surface area contributed by atoms with Gasteiger partial charge in [-0.25, -0.2) is 4.39 Å². The molecule has 0 saturated carbocycles. The molecule has 5 nitrogen and oxygen atoms in total. The fourth-order valence-electron chi connectivity index (χ4n) is 2.03. The van der Waals surface area contributed by atoms with Gasteiger partial charge in [-0.05, 0) is 57.4 Å². The van der Waals surface area contributed by atoms with Gasteiger partial charge in [-0.15, -0.1) is 0 Å². The summed E-state index contributed by atoms with van der Waals surface area (Å²) in [5.74, 6) is -0.616. The van der Waals surface area contributed by atoms with Crippen LogP contribution in [0.4, 0.5) is 15.8 Å². The molecule has 23 heavy (non-hydrogen) atoms. The van der Waals surface area contributed by atoms with Crippen LogP contribution in [0.2, 0.25) is 0 Å². The molecule has 1 aromatic heterocycles.